The molecule has 1 unspecified atom stereocenters. The highest BCUT2D eigenvalue weighted by atomic mass is 32.2. The van der Waals surface area contributed by atoms with Gasteiger partial charge >= 0.3 is 0 Å². The smallest absolute Gasteiger partial charge is 0.237 e. The van der Waals surface area contributed by atoms with E-state index in [4.69, 9.17) is 0 Å². The molecule has 0 saturated carbocycles. The van der Waals surface area contributed by atoms with Crippen LogP contribution in [0.3, 0.4) is 0 Å². The Bertz CT molecular complexity index is 635. The molecule has 136 valence electrons. The van der Waals surface area contributed by atoms with Crippen molar-refractivity contribution in [3.05, 3.63) is 0 Å². The Morgan fingerprint density at radius 1 is 1.04 bits per heavy atom. The van der Waals surface area contributed by atoms with E-state index in [-0.39, 0.29) is 23.3 Å². The van der Waals surface area contributed by atoms with Crippen LogP contribution in [-0.4, -0.2) is 79.7 Å². The van der Waals surface area contributed by atoms with Crippen LogP contribution in [0.5, 0.6) is 0 Å². The molecule has 0 aromatic carbocycles. The summed E-state index contributed by atoms with van der Waals surface area (Å²) in [6.07, 6.45) is 0.385. The maximum absolute atomic E-state index is 12.7. The third-order valence-corrected chi connectivity index (χ3v) is 6.45. The average molecular weight is 359 g/mol. The summed E-state index contributed by atoms with van der Waals surface area (Å²) in [7, 11) is -3.09. The maximum atomic E-state index is 12.7. The zero-order valence-electron chi connectivity index (χ0n) is 14.4. The molecule has 0 bridgehead atoms. The van der Waals surface area contributed by atoms with Gasteiger partial charge in [-0.05, 0) is 20.3 Å². The van der Waals surface area contributed by atoms with Crippen LogP contribution in [0, 0.1) is 5.41 Å². The van der Waals surface area contributed by atoms with Crippen molar-refractivity contribution in [2.24, 2.45) is 5.41 Å². The van der Waals surface area contributed by atoms with Gasteiger partial charge < -0.3 is 15.1 Å². The van der Waals surface area contributed by atoms with Gasteiger partial charge in [-0.25, -0.2) is 8.42 Å². The fourth-order valence-electron chi connectivity index (χ4n) is 2.99. The van der Waals surface area contributed by atoms with Crippen molar-refractivity contribution in [1.82, 2.24) is 15.1 Å². The van der Waals surface area contributed by atoms with Gasteiger partial charge in [-0.3, -0.25) is 14.4 Å². The summed E-state index contributed by atoms with van der Waals surface area (Å²) >= 11 is 0. The van der Waals surface area contributed by atoms with E-state index in [1.54, 1.807) is 23.6 Å². The number of carbonyl (C=O) groups is 3. The van der Waals surface area contributed by atoms with E-state index in [2.05, 4.69) is 5.32 Å². The number of amides is 3. The Kier molecular flexibility index (Phi) is 5.22. The molecule has 0 radical (unpaired) electrons. The lowest BCUT2D eigenvalue weighted by molar-refractivity contribution is -0.151. The summed E-state index contributed by atoms with van der Waals surface area (Å²) in [5.41, 5.74) is -1.27. The van der Waals surface area contributed by atoms with Gasteiger partial charge in [-0.2, -0.15) is 0 Å². The number of hydrogen-bond acceptors (Lipinski definition) is 5. The van der Waals surface area contributed by atoms with Crippen LogP contribution in [0.1, 0.15) is 27.2 Å². The third kappa shape index (κ3) is 4.06. The van der Waals surface area contributed by atoms with Gasteiger partial charge in [0.05, 0.1) is 11.5 Å². The Labute approximate surface area is 142 Å². The first-order valence-electron chi connectivity index (χ1n) is 8.09. The molecule has 3 amide bonds. The van der Waals surface area contributed by atoms with E-state index in [0.717, 1.165) is 0 Å². The molecule has 2 aliphatic rings. The maximum Gasteiger partial charge on any atom is 0.237 e. The van der Waals surface area contributed by atoms with E-state index in [1.165, 1.54) is 6.92 Å². The first-order valence-corrected chi connectivity index (χ1v) is 9.91. The van der Waals surface area contributed by atoms with Crippen molar-refractivity contribution in [2.75, 3.05) is 37.7 Å². The van der Waals surface area contributed by atoms with Crippen LogP contribution >= 0.6 is 0 Å². The number of sulfone groups is 1. The van der Waals surface area contributed by atoms with E-state index >= 15 is 0 Å². The van der Waals surface area contributed by atoms with Gasteiger partial charge in [0.25, 0.3) is 0 Å². The monoisotopic (exact) mass is 359 g/mol. The molecule has 24 heavy (non-hydrogen) atoms. The zero-order chi connectivity index (χ0) is 18.1. The predicted molar refractivity (Wildman–Crippen MR) is 87.8 cm³/mol. The second-order valence-corrected chi connectivity index (χ2v) is 9.23. The molecule has 0 spiro atoms. The van der Waals surface area contributed by atoms with Crippen molar-refractivity contribution < 1.29 is 22.8 Å². The quantitative estimate of drug-likeness (QED) is 0.652. The van der Waals surface area contributed by atoms with Gasteiger partial charge in [-0.1, -0.05) is 0 Å². The van der Waals surface area contributed by atoms with Crippen LogP contribution in [0.4, 0.5) is 0 Å². The largest absolute Gasteiger partial charge is 0.351 e. The number of hydrogen-bond donors (Lipinski definition) is 1. The van der Waals surface area contributed by atoms with Crippen molar-refractivity contribution >= 4 is 27.6 Å². The van der Waals surface area contributed by atoms with Gasteiger partial charge in [-0.15, -0.1) is 0 Å². The average Bonchev–Trinajstić information content (AvgIpc) is 2.85. The van der Waals surface area contributed by atoms with E-state index < -0.39 is 27.2 Å². The lowest BCUT2D eigenvalue weighted by Gasteiger charge is -2.38. The molecular weight excluding hydrogens is 334 g/mol. The molecule has 0 aromatic rings. The Hall–Kier alpha value is -1.64. The molecule has 2 rings (SSSR count). The molecule has 2 aliphatic heterocycles. The molecule has 0 aromatic heterocycles. The first kappa shape index (κ1) is 18.7. The lowest BCUT2D eigenvalue weighted by atomic mass is 9.89. The first-order chi connectivity index (χ1) is 11.0. The predicted octanol–water partition coefficient (Wildman–Crippen LogP) is -0.993. The van der Waals surface area contributed by atoms with Gasteiger partial charge in [0.15, 0.2) is 9.84 Å². The zero-order valence-corrected chi connectivity index (χ0v) is 15.2. The molecule has 1 N–H and O–H groups in total. The summed E-state index contributed by atoms with van der Waals surface area (Å²) < 4.78 is 23.0. The Morgan fingerprint density at radius 3 is 2.04 bits per heavy atom. The highest BCUT2D eigenvalue weighted by molar-refractivity contribution is 7.91. The van der Waals surface area contributed by atoms with Crippen LogP contribution in [0.25, 0.3) is 0 Å². The third-order valence-electron chi connectivity index (χ3n) is 4.68. The minimum Gasteiger partial charge on any atom is -0.351 e. The molecule has 2 saturated heterocycles. The summed E-state index contributed by atoms with van der Waals surface area (Å²) in [6, 6.07) is -0.427. The summed E-state index contributed by atoms with van der Waals surface area (Å²) in [4.78, 5) is 39.7. The fraction of sp³-hybridized carbons (Fsp3) is 0.800. The molecule has 2 fully saturated rings. The van der Waals surface area contributed by atoms with E-state index in [9.17, 15) is 22.8 Å². The summed E-state index contributed by atoms with van der Waals surface area (Å²) in [6.45, 7) is 6.29. The molecule has 2 heterocycles. The topological polar surface area (TPSA) is 104 Å². The van der Waals surface area contributed by atoms with Gasteiger partial charge in [0.2, 0.25) is 17.7 Å². The molecule has 9 heteroatoms. The highest BCUT2D eigenvalue weighted by Crippen LogP contribution is 2.22. The second-order valence-electron chi connectivity index (χ2n) is 7.00. The Balaban J connectivity index is 1.95. The lowest BCUT2D eigenvalue weighted by Crippen LogP contribution is -2.56. The molecule has 0 aliphatic carbocycles. The number of piperazine rings is 1. The number of carbonyl (C=O) groups excluding carboxylic acids is 3. The van der Waals surface area contributed by atoms with E-state index in [0.29, 0.717) is 32.6 Å². The SMILES string of the molecule is CC(=O)N1CCN(C(=O)C(C)(C)C(=O)NC2CCS(=O)(=O)C2)CC1. The van der Waals surface area contributed by atoms with Crippen molar-refractivity contribution in [2.45, 2.75) is 33.2 Å². The molecule has 1 atom stereocenters. The van der Waals surface area contributed by atoms with E-state index in [1.807, 2.05) is 0 Å². The second kappa shape index (κ2) is 6.70. The molecule has 8 nitrogen and oxygen atoms in total. The fourth-order valence-corrected chi connectivity index (χ4v) is 4.66. The van der Waals surface area contributed by atoms with Gasteiger partial charge in [0, 0.05) is 39.1 Å². The van der Waals surface area contributed by atoms with Crippen LogP contribution in [0.15, 0.2) is 0 Å². The number of nitrogens with one attached hydrogen (secondary N) is 1. The van der Waals surface area contributed by atoms with Crippen LogP contribution < -0.4 is 5.32 Å². The number of nitrogens with zero attached hydrogens (tertiary/aromatic N) is 2. The van der Waals surface area contributed by atoms with Crippen molar-refractivity contribution in [1.29, 1.82) is 0 Å². The van der Waals surface area contributed by atoms with Crippen molar-refractivity contribution in [3.63, 3.8) is 0 Å². The Morgan fingerprint density at radius 2 is 1.58 bits per heavy atom. The van der Waals surface area contributed by atoms with Crippen LogP contribution in [-0.2, 0) is 24.2 Å². The highest BCUT2D eigenvalue weighted by Gasteiger charge is 2.42. The number of rotatable bonds is 3. The van der Waals surface area contributed by atoms with Crippen molar-refractivity contribution in [3.8, 4) is 0 Å². The standard InChI is InChI=1S/C15H25N3O5S/c1-11(19)17-5-7-18(8-6-17)14(21)15(2,3)13(20)16-12-4-9-24(22,23)10-12/h12H,4-10H2,1-3H3,(H,16,20). The van der Waals surface area contributed by atoms with Crippen LogP contribution in [0.2, 0.25) is 0 Å². The minimum atomic E-state index is -3.09. The normalized spacial score (nSPS) is 23.9. The molecular formula is C15H25N3O5S. The summed E-state index contributed by atoms with van der Waals surface area (Å²) in [5.74, 6) is -0.784. The summed E-state index contributed by atoms with van der Waals surface area (Å²) in [5, 5.41) is 2.69. The minimum absolute atomic E-state index is 0.0263. The van der Waals surface area contributed by atoms with Gasteiger partial charge in [0.1, 0.15) is 5.41 Å².